The Morgan fingerprint density at radius 2 is 1.60 bits per heavy atom. The number of carbonyl (C=O) groups excluding carboxylic acids is 5. The molecule has 6 aliphatic heterocycles. The van der Waals surface area contributed by atoms with E-state index < -0.39 is 5.41 Å². The maximum absolute atomic E-state index is 15.3. The molecular weight excluding hydrogens is 907 g/mol. The summed E-state index contributed by atoms with van der Waals surface area (Å²) in [5, 5.41) is 6.14. The summed E-state index contributed by atoms with van der Waals surface area (Å²) in [5.41, 5.74) is 6.07. The Labute approximate surface area is 421 Å². The Balaban J connectivity index is 0.672. The number of aromatic nitrogens is 4. The van der Waals surface area contributed by atoms with Gasteiger partial charge in [-0.05, 0) is 146 Å². The fourth-order valence-corrected chi connectivity index (χ4v) is 14.3. The lowest BCUT2D eigenvalue weighted by Gasteiger charge is -2.48. The third-order valence-electron chi connectivity index (χ3n) is 18.7. The van der Waals surface area contributed by atoms with Gasteiger partial charge in [0, 0.05) is 98.6 Å². The molecule has 5 saturated heterocycles. The van der Waals surface area contributed by atoms with E-state index in [1.807, 2.05) is 23.4 Å². The third kappa shape index (κ3) is 7.87. The van der Waals surface area contributed by atoms with Gasteiger partial charge < -0.3 is 34.4 Å². The van der Waals surface area contributed by atoms with E-state index in [-0.39, 0.29) is 71.3 Å². The summed E-state index contributed by atoms with van der Waals surface area (Å²) in [4.78, 5) is 93.9. The second-order valence-electron chi connectivity index (χ2n) is 23.3. The van der Waals surface area contributed by atoms with E-state index in [1.54, 1.807) is 6.20 Å². The quantitative estimate of drug-likeness (QED) is 0.166. The molecule has 378 valence electrons. The van der Waals surface area contributed by atoms with E-state index >= 15 is 4.79 Å². The van der Waals surface area contributed by atoms with Crippen LogP contribution < -0.4 is 20.4 Å². The molecule has 1 unspecified atom stereocenters. The molecule has 2 bridgehead atoms. The molecule has 4 atom stereocenters. The van der Waals surface area contributed by atoms with Gasteiger partial charge in [-0.3, -0.25) is 29.3 Å². The molecule has 4 aromatic rings. The van der Waals surface area contributed by atoms with E-state index in [0.717, 1.165) is 122 Å². The SMILES string of the molecule is CC(C)n1cnc2cc(-c3ccc4c(c3)N(C3CC(N5CCCCC5)C3)C(=O)C43CCN(C(=O)[C@@H]4C[C@@H]5C[C@H]4CN5C(=O)C4CCN(c5ccc(C6CCC(=O)NC6=O)cn5)CC4)CC3)nc(NC3CC3)c21. The van der Waals surface area contributed by atoms with Crippen molar-refractivity contribution < 1.29 is 24.0 Å². The van der Waals surface area contributed by atoms with Gasteiger partial charge in [0.2, 0.25) is 29.5 Å². The summed E-state index contributed by atoms with van der Waals surface area (Å²) in [5.74, 6) is 1.51. The first-order valence-electron chi connectivity index (χ1n) is 27.5. The zero-order valence-corrected chi connectivity index (χ0v) is 41.9. The minimum absolute atomic E-state index is 0.0508. The summed E-state index contributed by atoms with van der Waals surface area (Å²) in [6.45, 7) is 9.86. The van der Waals surface area contributed by atoms with Crippen LogP contribution in [0.3, 0.4) is 0 Å². The molecule has 3 aliphatic carbocycles. The van der Waals surface area contributed by atoms with E-state index in [2.05, 4.69) is 77.9 Å². The number of likely N-dealkylation sites (tertiary alicyclic amines) is 3. The third-order valence-corrected chi connectivity index (χ3v) is 18.7. The predicted octanol–water partition coefficient (Wildman–Crippen LogP) is 6.55. The van der Waals surface area contributed by atoms with Crippen molar-refractivity contribution in [2.45, 2.75) is 152 Å². The van der Waals surface area contributed by atoms with Crippen molar-refractivity contribution in [3.05, 3.63) is 60.0 Å². The van der Waals surface area contributed by atoms with Crippen LogP contribution >= 0.6 is 0 Å². The Morgan fingerprint density at radius 1 is 0.806 bits per heavy atom. The topological polar surface area (TPSA) is 169 Å². The number of benzene rings is 1. The number of nitrogens with zero attached hydrogens (tertiary/aromatic N) is 9. The monoisotopic (exact) mass is 976 g/mol. The average molecular weight is 976 g/mol. The smallest absolute Gasteiger partial charge is 0.238 e. The highest BCUT2D eigenvalue weighted by Gasteiger charge is 2.57. The van der Waals surface area contributed by atoms with E-state index in [4.69, 9.17) is 9.97 Å². The van der Waals surface area contributed by atoms with Crippen LogP contribution in [-0.4, -0.2) is 134 Å². The maximum atomic E-state index is 15.3. The van der Waals surface area contributed by atoms with Gasteiger partial charge in [0.05, 0.1) is 28.9 Å². The number of anilines is 3. The number of piperidine rings is 5. The number of hydrogen-bond acceptors (Lipinski definition) is 11. The van der Waals surface area contributed by atoms with Gasteiger partial charge in [-0.25, -0.2) is 15.0 Å². The molecule has 3 aromatic heterocycles. The summed E-state index contributed by atoms with van der Waals surface area (Å²) in [6, 6.07) is 14.0. The van der Waals surface area contributed by atoms with Crippen LogP contribution in [0, 0.1) is 17.8 Å². The highest BCUT2D eigenvalue weighted by molar-refractivity contribution is 6.09. The highest BCUT2D eigenvalue weighted by Crippen LogP contribution is 2.53. The molecule has 13 rings (SSSR count). The van der Waals surface area contributed by atoms with Gasteiger partial charge in [-0.15, -0.1) is 0 Å². The second-order valence-corrected chi connectivity index (χ2v) is 23.3. The molecule has 72 heavy (non-hydrogen) atoms. The van der Waals surface area contributed by atoms with Gasteiger partial charge in [0.1, 0.15) is 11.3 Å². The molecular formula is C56H69N11O5. The molecule has 1 spiro atoms. The van der Waals surface area contributed by atoms with Crippen LogP contribution in [0.1, 0.15) is 133 Å². The number of pyridine rings is 2. The van der Waals surface area contributed by atoms with Gasteiger partial charge in [0.25, 0.3) is 0 Å². The molecule has 9 heterocycles. The second kappa shape index (κ2) is 17.9. The predicted molar refractivity (Wildman–Crippen MR) is 273 cm³/mol. The Bertz CT molecular complexity index is 2810. The van der Waals surface area contributed by atoms with Crippen molar-refractivity contribution in [1.82, 2.24) is 39.5 Å². The first-order valence-corrected chi connectivity index (χ1v) is 27.5. The van der Waals surface area contributed by atoms with Gasteiger partial charge in [-0.1, -0.05) is 24.6 Å². The number of carbonyl (C=O) groups is 5. The Hall–Kier alpha value is -5.90. The molecule has 1 aromatic carbocycles. The lowest BCUT2D eigenvalue weighted by molar-refractivity contribution is -0.145. The largest absolute Gasteiger partial charge is 0.366 e. The first kappa shape index (κ1) is 45.9. The lowest BCUT2D eigenvalue weighted by atomic mass is 9.73. The number of imidazole rings is 1. The zero-order chi connectivity index (χ0) is 49.0. The normalized spacial score (nSPS) is 28.6. The molecule has 0 radical (unpaired) electrons. The number of hydrogen-bond donors (Lipinski definition) is 2. The maximum Gasteiger partial charge on any atom is 0.238 e. The van der Waals surface area contributed by atoms with E-state index in [1.165, 1.54) is 19.3 Å². The Kier molecular flexibility index (Phi) is 11.4. The number of nitrogens with one attached hydrogen (secondary N) is 2. The molecule has 16 heteroatoms. The number of fused-ring (bicyclic) bond motifs is 5. The van der Waals surface area contributed by atoms with Gasteiger partial charge in [-0.2, -0.15) is 0 Å². The van der Waals surface area contributed by atoms with Crippen LogP contribution in [0.15, 0.2) is 48.9 Å². The summed E-state index contributed by atoms with van der Waals surface area (Å²) in [6.07, 6.45) is 16.9. The number of rotatable bonds is 10. The fourth-order valence-electron chi connectivity index (χ4n) is 14.3. The molecule has 5 amide bonds. The van der Waals surface area contributed by atoms with Crippen molar-refractivity contribution in [3.63, 3.8) is 0 Å². The lowest BCUT2D eigenvalue weighted by Crippen LogP contribution is -2.58. The van der Waals surface area contributed by atoms with Crippen molar-refractivity contribution in [2.24, 2.45) is 17.8 Å². The fraction of sp³-hybridized carbons (Fsp3) is 0.607. The van der Waals surface area contributed by atoms with Crippen molar-refractivity contribution in [3.8, 4) is 11.3 Å². The van der Waals surface area contributed by atoms with Crippen molar-refractivity contribution in [2.75, 3.05) is 60.9 Å². The summed E-state index contributed by atoms with van der Waals surface area (Å²) in [7, 11) is 0. The zero-order valence-electron chi connectivity index (χ0n) is 41.9. The minimum Gasteiger partial charge on any atom is -0.366 e. The van der Waals surface area contributed by atoms with Crippen LogP contribution in [0.5, 0.6) is 0 Å². The highest BCUT2D eigenvalue weighted by atomic mass is 16.2. The number of amides is 5. The molecule has 16 nitrogen and oxygen atoms in total. The van der Waals surface area contributed by atoms with Crippen LogP contribution in [0.2, 0.25) is 0 Å². The molecule has 2 N–H and O–H groups in total. The van der Waals surface area contributed by atoms with Crippen LogP contribution in [0.25, 0.3) is 22.3 Å². The average Bonchev–Trinajstić information content (AvgIpc) is 3.65. The van der Waals surface area contributed by atoms with Crippen LogP contribution in [-0.2, 0) is 29.4 Å². The standard InChI is InChI=1S/C56H69N11O5/c1-33(2)66-32-58-46-29-45(60-51(50(46)66)59-38-8-9-38)35-6-11-44-47(25-35)67(41-26-39(27-41)62-18-4-3-5-19-62)55(72)56(44)16-22-64(23-17-56)54(71)43-28-40-24-37(43)31-65(40)53(70)34-14-20-63(21-15-34)48-12-7-36(30-57-48)42-10-13-49(68)61-52(42)69/h6-7,11-12,25,29-30,32-34,37-43H,3-5,8-10,13-24,26-28,31H2,1-2H3,(H,59,60)(H,61,68,69)/t37-,39?,40-,41?,42?,43+/m0/s1. The van der Waals surface area contributed by atoms with E-state index in [0.29, 0.717) is 63.8 Å². The van der Waals surface area contributed by atoms with Crippen molar-refractivity contribution >= 4 is 57.9 Å². The molecule has 3 saturated carbocycles. The minimum atomic E-state index is -0.671. The van der Waals surface area contributed by atoms with Crippen molar-refractivity contribution in [1.29, 1.82) is 0 Å². The van der Waals surface area contributed by atoms with Gasteiger partial charge >= 0.3 is 0 Å². The first-order chi connectivity index (χ1) is 35.0. The number of imide groups is 1. The summed E-state index contributed by atoms with van der Waals surface area (Å²) < 4.78 is 2.20. The molecule has 9 aliphatic rings. The summed E-state index contributed by atoms with van der Waals surface area (Å²) >= 11 is 0. The van der Waals surface area contributed by atoms with E-state index in [9.17, 15) is 19.2 Å². The van der Waals surface area contributed by atoms with Crippen LogP contribution in [0.4, 0.5) is 17.3 Å². The molecule has 8 fully saturated rings. The van der Waals surface area contributed by atoms with Gasteiger partial charge in [0.15, 0.2) is 5.82 Å². The Morgan fingerprint density at radius 3 is 2.29 bits per heavy atom.